The summed E-state index contributed by atoms with van der Waals surface area (Å²) in [6.07, 6.45) is 1.05. The Bertz CT molecular complexity index is 1760. The van der Waals surface area contributed by atoms with Crippen molar-refractivity contribution in [1.29, 1.82) is 0 Å². The summed E-state index contributed by atoms with van der Waals surface area (Å²) < 4.78 is 34.4. The van der Waals surface area contributed by atoms with Crippen molar-refractivity contribution >= 4 is 44.8 Å². The third kappa shape index (κ3) is 5.96. The topological polar surface area (TPSA) is 96.0 Å². The molecule has 10 heteroatoms. The molecule has 2 amide bonds. The van der Waals surface area contributed by atoms with Gasteiger partial charge in [0.15, 0.2) is 6.10 Å². The van der Waals surface area contributed by atoms with Gasteiger partial charge in [-0.3, -0.25) is 13.9 Å². The molecule has 4 aromatic carbocycles. The number of rotatable bonds is 7. The lowest BCUT2D eigenvalue weighted by atomic mass is 10.00. The van der Waals surface area contributed by atoms with Crippen LogP contribution in [0.4, 0.5) is 11.4 Å². The third-order valence-corrected chi connectivity index (χ3v) is 9.75. The molecule has 6 rings (SSSR count). The van der Waals surface area contributed by atoms with Gasteiger partial charge in [-0.1, -0.05) is 54.1 Å². The van der Waals surface area contributed by atoms with E-state index in [1.165, 1.54) is 16.4 Å². The first-order valence-corrected chi connectivity index (χ1v) is 15.9. The van der Waals surface area contributed by atoms with E-state index in [0.29, 0.717) is 60.1 Å². The van der Waals surface area contributed by atoms with Crippen LogP contribution in [0.1, 0.15) is 27.9 Å². The summed E-state index contributed by atoms with van der Waals surface area (Å²) in [6, 6.07) is 28.2. The Labute approximate surface area is 255 Å². The van der Waals surface area contributed by atoms with Gasteiger partial charge in [-0.05, 0) is 85.0 Å². The second-order valence-electron chi connectivity index (χ2n) is 10.5. The number of ether oxygens (including phenoxy) is 1. The zero-order chi connectivity index (χ0) is 30.0. The fourth-order valence-corrected chi connectivity index (χ4v) is 7.15. The monoisotopic (exact) mass is 615 g/mol. The number of hydrogen-bond donors (Lipinski definition) is 1. The molecule has 220 valence electrons. The molecule has 0 bridgehead atoms. The second-order valence-corrected chi connectivity index (χ2v) is 12.8. The third-order valence-electron chi connectivity index (χ3n) is 7.67. The van der Waals surface area contributed by atoms with Crippen LogP contribution >= 0.6 is 11.6 Å². The molecular weight excluding hydrogens is 586 g/mol. The molecule has 2 aliphatic rings. The molecular formula is C33H30ClN3O5S. The van der Waals surface area contributed by atoms with Gasteiger partial charge in [0.25, 0.3) is 21.8 Å². The van der Waals surface area contributed by atoms with E-state index in [4.69, 9.17) is 16.3 Å². The number of nitrogens with zero attached hydrogens (tertiary/aromatic N) is 2. The molecule has 2 aliphatic heterocycles. The van der Waals surface area contributed by atoms with Gasteiger partial charge in [-0.2, -0.15) is 0 Å². The Morgan fingerprint density at radius 2 is 1.65 bits per heavy atom. The Kier molecular flexibility index (Phi) is 8.10. The second kappa shape index (κ2) is 12.1. The van der Waals surface area contributed by atoms with Crippen LogP contribution in [0.5, 0.6) is 5.75 Å². The fourth-order valence-electron chi connectivity index (χ4n) is 5.49. The van der Waals surface area contributed by atoms with Gasteiger partial charge in [-0.25, -0.2) is 8.42 Å². The van der Waals surface area contributed by atoms with Crippen LogP contribution in [0.3, 0.4) is 0 Å². The summed E-state index contributed by atoms with van der Waals surface area (Å²) in [5, 5.41) is 3.39. The smallest absolute Gasteiger partial charge is 0.264 e. The molecule has 8 nitrogen and oxygen atoms in total. The summed E-state index contributed by atoms with van der Waals surface area (Å²) >= 11 is 5.97. The molecule has 0 fully saturated rings. The molecule has 0 aliphatic carbocycles. The molecule has 0 saturated heterocycles. The molecule has 1 N–H and O–H groups in total. The van der Waals surface area contributed by atoms with Gasteiger partial charge in [0.05, 0.1) is 22.8 Å². The van der Waals surface area contributed by atoms with Crippen LogP contribution in [0.15, 0.2) is 102 Å². The molecule has 1 unspecified atom stereocenters. The van der Waals surface area contributed by atoms with Crippen molar-refractivity contribution in [2.45, 2.75) is 30.3 Å². The van der Waals surface area contributed by atoms with Crippen molar-refractivity contribution in [3.8, 4) is 5.75 Å². The first-order chi connectivity index (χ1) is 20.8. The standard InChI is InChI=1S/C33H30ClN3O5S/c34-26-13-15-27(16-14-26)43(40,41)37-20-6-9-24-21-25(12-17-28(24)37)33(39)36-22-31(42-30-11-5-4-10-29(30)36)32(38)35-19-18-23-7-2-1-3-8-23/h1-5,7-8,10-17,21,31H,6,9,18-20,22H2,(H,35,38). The molecule has 4 aromatic rings. The lowest BCUT2D eigenvalue weighted by Gasteiger charge is -2.35. The van der Waals surface area contributed by atoms with Gasteiger partial charge >= 0.3 is 0 Å². The summed E-state index contributed by atoms with van der Waals surface area (Å²) in [5.41, 5.74) is 3.42. The Hall–Kier alpha value is -4.34. The SMILES string of the molecule is O=C(NCCc1ccccc1)C1CN(C(=O)c2ccc3c(c2)CCCN3S(=O)(=O)c2ccc(Cl)cc2)c2ccccc2O1. The molecule has 1 atom stereocenters. The number of benzene rings is 4. The molecule has 43 heavy (non-hydrogen) atoms. The predicted octanol–water partition coefficient (Wildman–Crippen LogP) is 5.25. The van der Waals surface area contributed by atoms with Gasteiger partial charge in [0, 0.05) is 23.7 Å². The number of carbonyl (C=O) groups excluding carboxylic acids is 2. The Morgan fingerprint density at radius 1 is 0.907 bits per heavy atom. The Morgan fingerprint density at radius 3 is 2.44 bits per heavy atom. The van der Waals surface area contributed by atoms with E-state index in [1.807, 2.05) is 36.4 Å². The number of hydrogen-bond acceptors (Lipinski definition) is 5. The van der Waals surface area contributed by atoms with Crippen molar-refractivity contribution in [3.05, 3.63) is 119 Å². The highest BCUT2D eigenvalue weighted by Crippen LogP contribution is 2.36. The number of carbonyl (C=O) groups is 2. The fraction of sp³-hybridized carbons (Fsp3) is 0.212. The van der Waals surface area contributed by atoms with E-state index in [0.717, 1.165) is 11.1 Å². The average Bonchev–Trinajstić information content (AvgIpc) is 3.04. The number of sulfonamides is 1. The first-order valence-electron chi connectivity index (χ1n) is 14.1. The van der Waals surface area contributed by atoms with E-state index < -0.39 is 16.1 Å². The van der Waals surface area contributed by atoms with Crippen LogP contribution in [0.2, 0.25) is 5.02 Å². The number of para-hydroxylation sites is 2. The van der Waals surface area contributed by atoms with Crippen molar-refractivity contribution in [3.63, 3.8) is 0 Å². The minimum atomic E-state index is -3.81. The molecule has 0 spiro atoms. The number of anilines is 2. The molecule has 0 radical (unpaired) electrons. The largest absolute Gasteiger partial charge is 0.477 e. The number of nitrogens with one attached hydrogen (secondary N) is 1. The van der Waals surface area contributed by atoms with Crippen LogP contribution in [0.25, 0.3) is 0 Å². The lowest BCUT2D eigenvalue weighted by molar-refractivity contribution is -0.127. The minimum Gasteiger partial charge on any atom is -0.477 e. The quantitative estimate of drug-likeness (QED) is 0.306. The number of aryl methyl sites for hydroxylation is 1. The summed E-state index contributed by atoms with van der Waals surface area (Å²) in [5.74, 6) is -0.140. The first kappa shape index (κ1) is 28.8. The minimum absolute atomic E-state index is 0.0428. The average molecular weight is 616 g/mol. The van der Waals surface area contributed by atoms with E-state index in [1.54, 1.807) is 53.4 Å². The van der Waals surface area contributed by atoms with E-state index >= 15 is 0 Å². The Balaban J connectivity index is 1.22. The van der Waals surface area contributed by atoms with Crippen molar-refractivity contribution in [1.82, 2.24) is 5.32 Å². The molecule has 2 heterocycles. The van der Waals surface area contributed by atoms with Gasteiger partial charge in [0.2, 0.25) is 0 Å². The molecule has 0 aromatic heterocycles. The summed E-state index contributed by atoms with van der Waals surface area (Å²) in [6.45, 7) is 0.822. The highest BCUT2D eigenvalue weighted by atomic mass is 35.5. The van der Waals surface area contributed by atoms with Crippen LogP contribution in [-0.4, -0.2) is 46.0 Å². The predicted molar refractivity (Wildman–Crippen MR) is 166 cm³/mol. The van der Waals surface area contributed by atoms with Crippen LogP contribution in [-0.2, 0) is 27.7 Å². The lowest BCUT2D eigenvalue weighted by Crippen LogP contribution is -2.51. The number of fused-ring (bicyclic) bond motifs is 2. The van der Waals surface area contributed by atoms with E-state index in [9.17, 15) is 18.0 Å². The van der Waals surface area contributed by atoms with Gasteiger partial charge in [-0.15, -0.1) is 0 Å². The van der Waals surface area contributed by atoms with Gasteiger partial charge in [0.1, 0.15) is 5.75 Å². The highest BCUT2D eigenvalue weighted by Gasteiger charge is 2.35. The van der Waals surface area contributed by atoms with Crippen molar-refractivity contribution in [2.24, 2.45) is 0 Å². The van der Waals surface area contributed by atoms with Crippen molar-refractivity contribution in [2.75, 3.05) is 28.8 Å². The van der Waals surface area contributed by atoms with E-state index in [-0.39, 0.29) is 23.3 Å². The maximum atomic E-state index is 13.9. The normalized spacial score (nSPS) is 16.1. The zero-order valence-corrected chi connectivity index (χ0v) is 24.9. The maximum Gasteiger partial charge on any atom is 0.264 e. The van der Waals surface area contributed by atoms with Crippen molar-refractivity contribution < 1.29 is 22.7 Å². The van der Waals surface area contributed by atoms with E-state index in [2.05, 4.69) is 5.32 Å². The van der Waals surface area contributed by atoms with Gasteiger partial charge < -0.3 is 15.0 Å². The highest BCUT2D eigenvalue weighted by molar-refractivity contribution is 7.92. The summed E-state index contributed by atoms with van der Waals surface area (Å²) in [7, 11) is -3.81. The molecule has 0 saturated carbocycles. The summed E-state index contributed by atoms with van der Waals surface area (Å²) in [4.78, 5) is 28.8. The van der Waals surface area contributed by atoms with Crippen LogP contribution in [0, 0.1) is 0 Å². The zero-order valence-electron chi connectivity index (χ0n) is 23.3. The van der Waals surface area contributed by atoms with Crippen LogP contribution < -0.4 is 19.3 Å². The number of halogens is 1. The maximum absolute atomic E-state index is 13.9. The number of amides is 2.